The monoisotopic (exact) mass is 361 g/mol. The van der Waals surface area contributed by atoms with Crippen molar-refractivity contribution < 1.29 is 23.9 Å². The summed E-state index contributed by atoms with van der Waals surface area (Å²) in [5.74, 6) is -0.215. The van der Waals surface area contributed by atoms with Gasteiger partial charge in [-0.2, -0.15) is 0 Å². The summed E-state index contributed by atoms with van der Waals surface area (Å²) < 4.78 is 16.5. The SMILES string of the molecule is O=C1/C(=C2/COCCN2)c2cc([N+](=O)[O-])ccc2N1C1COCCOC1. The second-order valence-corrected chi connectivity index (χ2v) is 6.27. The predicted molar refractivity (Wildman–Crippen MR) is 91.8 cm³/mol. The van der Waals surface area contributed by atoms with Gasteiger partial charge in [-0.25, -0.2) is 0 Å². The average Bonchev–Trinajstić information content (AvgIpc) is 2.80. The smallest absolute Gasteiger partial charge is 0.270 e. The number of nitrogens with zero attached hydrogens (tertiary/aromatic N) is 2. The second-order valence-electron chi connectivity index (χ2n) is 6.27. The minimum atomic E-state index is -0.460. The Balaban J connectivity index is 1.81. The van der Waals surface area contributed by atoms with Crippen LogP contribution in [0, 0.1) is 10.1 Å². The summed E-state index contributed by atoms with van der Waals surface area (Å²) in [6.45, 7) is 3.09. The number of nitrogens with one attached hydrogen (secondary N) is 1. The van der Waals surface area contributed by atoms with Gasteiger partial charge in [-0.1, -0.05) is 0 Å². The molecule has 0 aliphatic carbocycles. The van der Waals surface area contributed by atoms with Gasteiger partial charge in [0.1, 0.15) is 0 Å². The van der Waals surface area contributed by atoms with E-state index in [0.29, 0.717) is 62.1 Å². The van der Waals surface area contributed by atoms with E-state index in [1.54, 1.807) is 11.0 Å². The van der Waals surface area contributed by atoms with Gasteiger partial charge in [0.25, 0.3) is 11.6 Å². The van der Waals surface area contributed by atoms with E-state index in [9.17, 15) is 14.9 Å². The summed E-state index contributed by atoms with van der Waals surface area (Å²) in [6, 6.07) is 4.20. The van der Waals surface area contributed by atoms with E-state index in [1.807, 2.05) is 0 Å². The number of morpholine rings is 1. The third-order valence-electron chi connectivity index (χ3n) is 4.64. The van der Waals surface area contributed by atoms with Crippen molar-refractivity contribution in [3.05, 3.63) is 39.6 Å². The lowest BCUT2D eigenvalue weighted by atomic mass is 10.0. The van der Waals surface area contributed by atoms with Gasteiger partial charge in [-0.3, -0.25) is 19.8 Å². The summed E-state index contributed by atoms with van der Waals surface area (Å²) >= 11 is 0. The molecule has 3 aliphatic rings. The van der Waals surface area contributed by atoms with Crippen molar-refractivity contribution in [1.29, 1.82) is 0 Å². The summed E-state index contributed by atoms with van der Waals surface area (Å²) in [7, 11) is 0. The average molecular weight is 361 g/mol. The molecule has 0 saturated carbocycles. The zero-order valence-electron chi connectivity index (χ0n) is 14.1. The molecule has 1 aromatic rings. The molecule has 2 fully saturated rings. The van der Waals surface area contributed by atoms with Crippen molar-refractivity contribution in [1.82, 2.24) is 5.32 Å². The predicted octanol–water partition coefficient (Wildman–Crippen LogP) is 0.688. The molecule has 1 amide bonds. The Morgan fingerprint density at radius 3 is 2.58 bits per heavy atom. The molecular weight excluding hydrogens is 342 g/mol. The number of amides is 1. The first-order chi connectivity index (χ1) is 12.7. The summed E-state index contributed by atoms with van der Waals surface area (Å²) in [5.41, 5.74) is 2.20. The Kier molecular flexibility index (Phi) is 4.58. The number of hydrogen-bond acceptors (Lipinski definition) is 7. The molecule has 3 aliphatic heterocycles. The van der Waals surface area contributed by atoms with Gasteiger partial charge in [0.05, 0.1) is 67.6 Å². The molecule has 0 aromatic heterocycles. The molecular formula is C17H19N3O6. The van der Waals surface area contributed by atoms with Gasteiger partial charge < -0.3 is 19.5 Å². The number of ether oxygens (including phenoxy) is 3. The van der Waals surface area contributed by atoms with Crippen LogP contribution in [0.3, 0.4) is 0 Å². The standard InChI is InChI=1S/C17H19N3O6/c21-17-16(14-10-24-4-3-18-14)13-7-11(20(22)23)1-2-15(13)19(17)12-8-25-5-6-26-9-12/h1-2,7,12,18H,3-6,8-10H2/b16-14-. The Morgan fingerprint density at radius 1 is 1.15 bits per heavy atom. The number of nitro benzene ring substituents is 1. The third kappa shape index (κ3) is 2.94. The van der Waals surface area contributed by atoms with E-state index in [4.69, 9.17) is 14.2 Å². The fourth-order valence-electron chi connectivity index (χ4n) is 3.46. The zero-order chi connectivity index (χ0) is 18.1. The van der Waals surface area contributed by atoms with Crippen LogP contribution in [0.1, 0.15) is 5.56 Å². The van der Waals surface area contributed by atoms with Crippen LogP contribution in [0.5, 0.6) is 0 Å². The van der Waals surface area contributed by atoms with E-state index in [2.05, 4.69) is 5.32 Å². The molecule has 4 rings (SSSR count). The van der Waals surface area contributed by atoms with Gasteiger partial charge in [0.2, 0.25) is 0 Å². The van der Waals surface area contributed by atoms with Gasteiger partial charge in [0.15, 0.2) is 0 Å². The van der Waals surface area contributed by atoms with Gasteiger partial charge in [0, 0.05) is 24.2 Å². The fraction of sp³-hybridized carbons (Fsp3) is 0.471. The Morgan fingerprint density at radius 2 is 1.92 bits per heavy atom. The summed E-state index contributed by atoms with van der Waals surface area (Å²) in [5, 5.41) is 14.4. The molecule has 0 radical (unpaired) electrons. The number of anilines is 1. The van der Waals surface area contributed by atoms with Crippen LogP contribution in [0.4, 0.5) is 11.4 Å². The molecule has 0 bridgehead atoms. The normalized spacial score (nSPS) is 24.2. The van der Waals surface area contributed by atoms with Crippen molar-refractivity contribution in [2.75, 3.05) is 51.1 Å². The van der Waals surface area contributed by atoms with Crippen molar-refractivity contribution in [3.8, 4) is 0 Å². The molecule has 1 N–H and O–H groups in total. The quantitative estimate of drug-likeness (QED) is 0.469. The molecule has 138 valence electrons. The molecule has 9 heteroatoms. The number of rotatable bonds is 2. The highest BCUT2D eigenvalue weighted by molar-refractivity contribution is 6.33. The lowest BCUT2D eigenvalue weighted by Crippen LogP contribution is -2.43. The van der Waals surface area contributed by atoms with Gasteiger partial charge in [-0.05, 0) is 6.07 Å². The van der Waals surface area contributed by atoms with E-state index < -0.39 is 4.92 Å². The van der Waals surface area contributed by atoms with E-state index in [0.717, 1.165) is 0 Å². The van der Waals surface area contributed by atoms with Crippen molar-refractivity contribution in [2.24, 2.45) is 0 Å². The largest absolute Gasteiger partial charge is 0.383 e. The van der Waals surface area contributed by atoms with Crippen LogP contribution >= 0.6 is 0 Å². The summed E-state index contributed by atoms with van der Waals surface area (Å²) in [4.78, 5) is 25.6. The molecule has 3 heterocycles. The highest BCUT2D eigenvalue weighted by Crippen LogP contribution is 2.41. The number of carbonyl (C=O) groups excluding carboxylic acids is 1. The number of hydrogen-bond donors (Lipinski definition) is 1. The van der Waals surface area contributed by atoms with Crippen LogP contribution in [0.15, 0.2) is 23.9 Å². The van der Waals surface area contributed by atoms with Crippen LogP contribution in [0.2, 0.25) is 0 Å². The van der Waals surface area contributed by atoms with E-state index in [-0.39, 0.29) is 24.2 Å². The lowest BCUT2D eigenvalue weighted by Gasteiger charge is -2.26. The van der Waals surface area contributed by atoms with E-state index in [1.165, 1.54) is 12.1 Å². The van der Waals surface area contributed by atoms with Crippen molar-refractivity contribution in [2.45, 2.75) is 6.04 Å². The molecule has 0 atom stereocenters. The summed E-state index contributed by atoms with van der Waals surface area (Å²) in [6.07, 6.45) is 0. The minimum Gasteiger partial charge on any atom is -0.383 e. The minimum absolute atomic E-state index is 0.0541. The Bertz CT molecular complexity index is 762. The first-order valence-corrected chi connectivity index (χ1v) is 8.49. The third-order valence-corrected chi connectivity index (χ3v) is 4.64. The lowest BCUT2D eigenvalue weighted by molar-refractivity contribution is -0.384. The fourth-order valence-corrected chi connectivity index (χ4v) is 3.46. The van der Waals surface area contributed by atoms with Crippen LogP contribution in [-0.2, 0) is 19.0 Å². The maximum Gasteiger partial charge on any atom is 0.270 e. The first-order valence-electron chi connectivity index (χ1n) is 8.49. The van der Waals surface area contributed by atoms with Crippen LogP contribution < -0.4 is 10.2 Å². The molecule has 0 spiro atoms. The number of fused-ring (bicyclic) bond motifs is 1. The Labute approximate surface area is 149 Å². The molecule has 2 saturated heterocycles. The number of carbonyl (C=O) groups is 1. The molecule has 9 nitrogen and oxygen atoms in total. The van der Waals surface area contributed by atoms with Gasteiger partial charge >= 0.3 is 0 Å². The zero-order valence-corrected chi connectivity index (χ0v) is 14.1. The number of benzene rings is 1. The molecule has 0 unspecified atom stereocenters. The van der Waals surface area contributed by atoms with Crippen molar-refractivity contribution in [3.63, 3.8) is 0 Å². The molecule has 26 heavy (non-hydrogen) atoms. The van der Waals surface area contributed by atoms with Crippen LogP contribution in [0.25, 0.3) is 5.57 Å². The topological polar surface area (TPSA) is 103 Å². The number of non-ortho nitro benzene ring substituents is 1. The maximum absolute atomic E-state index is 13.2. The molecule has 1 aromatic carbocycles. The maximum atomic E-state index is 13.2. The van der Waals surface area contributed by atoms with E-state index >= 15 is 0 Å². The highest BCUT2D eigenvalue weighted by atomic mass is 16.6. The van der Waals surface area contributed by atoms with Crippen LogP contribution in [-0.4, -0.2) is 63.1 Å². The second kappa shape index (κ2) is 7.02. The first kappa shape index (κ1) is 17.0. The number of nitro groups is 1. The van der Waals surface area contributed by atoms with Crippen molar-refractivity contribution >= 4 is 22.9 Å². The highest BCUT2D eigenvalue weighted by Gasteiger charge is 2.40. The van der Waals surface area contributed by atoms with Gasteiger partial charge in [-0.15, -0.1) is 0 Å². The Hall–Kier alpha value is -2.49.